The Labute approximate surface area is 118 Å². The molecule has 0 fully saturated rings. The van der Waals surface area contributed by atoms with Crippen molar-refractivity contribution in [3.05, 3.63) is 40.1 Å². The molecule has 1 unspecified atom stereocenters. The highest BCUT2D eigenvalue weighted by Gasteiger charge is 2.35. The summed E-state index contributed by atoms with van der Waals surface area (Å²) in [4.78, 5) is 3.97. The normalized spacial score (nSPS) is 13.4. The zero-order valence-electron chi connectivity index (χ0n) is 10.7. The molecule has 4 nitrogen and oxygen atoms in total. The third kappa shape index (κ3) is 3.51. The van der Waals surface area contributed by atoms with Gasteiger partial charge in [0.15, 0.2) is 5.01 Å². The summed E-state index contributed by atoms with van der Waals surface area (Å²) in [6.07, 6.45) is 0.790. The van der Waals surface area contributed by atoms with Crippen LogP contribution in [0.5, 0.6) is 0 Å². The zero-order valence-corrected chi connectivity index (χ0v) is 11.5. The zero-order chi connectivity index (χ0) is 14.6. The Morgan fingerprint density at radius 2 is 2.10 bits per heavy atom. The average Bonchev–Trinajstić information content (AvgIpc) is 2.90. The number of halogens is 3. The van der Waals surface area contributed by atoms with Gasteiger partial charge in [-0.25, -0.2) is 4.98 Å². The Bertz CT molecular complexity index is 541. The van der Waals surface area contributed by atoms with E-state index in [1.54, 1.807) is 12.3 Å². The standard InChI is InChI=1S/C12H13F3N4S/c1-2-4-16-10(8-3-5-18-19-6-8)9-7-17-11(20-9)12(13,14)15/h3,5-7,10,16H,2,4H2,1H3. The molecule has 0 aromatic carbocycles. The largest absolute Gasteiger partial charge is 0.443 e. The molecule has 2 aromatic rings. The minimum atomic E-state index is -4.41. The Kier molecular flexibility index (Phi) is 4.66. The van der Waals surface area contributed by atoms with Gasteiger partial charge in [0.2, 0.25) is 0 Å². The van der Waals surface area contributed by atoms with E-state index in [0.29, 0.717) is 22.8 Å². The first kappa shape index (κ1) is 14.9. The van der Waals surface area contributed by atoms with E-state index in [1.165, 1.54) is 12.4 Å². The summed E-state index contributed by atoms with van der Waals surface area (Å²) in [5.41, 5.74) is 0.769. The molecule has 2 heterocycles. The molecule has 2 rings (SSSR count). The second-order valence-electron chi connectivity index (χ2n) is 4.13. The Morgan fingerprint density at radius 3 is 2.65 bits per heavy atom. The smallest absolute Gasteiger partial charge is 0.305 e. The molecule has 0 saturated heterocycles. The molecule has 8 heteroatoms. The molecule has 0 bridgehead atoms. The molecule has 0 aliphatic rings. The SMILES string of the molecule is CCCNC(c1ccnnc1)c1cnc(C(F)(F)F)s1. The van der Waals surface area contributed by atoms with Gasteiger partial charge in [0.1, 0.15) is 0 Å². The third-order valence-corrected chi connectivity index (χ3v) is 3.70. The van der Waals surface area contributed by atoms with Gasteiger partial charge in [-0.3, -0.25) is 0 Å². The molecule has 0 aliphatic heterocycles. The van der Waals surface area contributed by atoms with Crippen molar-refractivity contribution in [1.82, 2.24) is 20.5 Å². The van der Waals surface area contributed by atoms with Crippen molar-refractivity contribution in [2.24, 2.45) is 0 Å². The lowest BCUT2D eigenvalue weighted by molar-refractivity contribution is -0.137. The summed E-state index contributed by atoms with van der Waals surface area (Å²) in [6, 6.07) is 1.38. The molecule has 0 amide bonds. The number of hydrogen-bond acceptors (Lipinski definition) is 5. The highest BCUT2D eigenvalue weighted by molar-refractivity contribution is 7.11. The van der Waals surface area contributed by atoms with Gasteiger partial charge < -0.3 is 5.32 Å². The average molecular weight is 302 g/mol. The predicted octanol–water partition coefficient (Wildman–Crippen LogP) is 3.04. The van der Waals surface area contributed by atoms with Gasteiger partial charge in [0.25, 0.3) is 0 Å². The summed E-state index contributed by atoms with van der Waals surface area (Å²) in [5, 5.41) is 9.81. The van der Waals surface area contributed by atoms with Crippen molar-refractivity contribution in [2.45, 2.75) is 25.6 Å². The van der Waals surface area contributed by atoms with Crippen LogP contribution in [0.3, 0.4) is 0 Å². The Hall–Kier alpha value is -1.54. The summed E-state index contributed by atoms with van der Waals surface area (Å²) in [7, 11) is 0. The molecule has 20 heavy (non-hydrogen) atoms. The quantitative estimate of drug-likeness (QED) is 0.922. The fourth-order valence-corrected chi connectivity index (χ4v) is 2.58. The molecular weight excluding hydrogens is 289 g/mol. The topological polar surface area (TPSA) is 50.7 Å². The van der Waals surface area contributed by atoms with E-state index in [1.807, 2.05) is 6.92 Å². The fraction of sp³-hybridized carbons (Fsp3) is 0.417. The van der Waals surface area contributed by atoms with Crippen LogP contribution in [0, 0.1) is 0 Å². The van der Waals surface area contributed by atoms with Crippen LogP contribution in [0.15, 0.2) is 24.7 Å². The Balaban J connectivity index is 2.29. The van der Waals surface area contributed by atoms with Crippen LogP contribution in [0.2, 0.25) is 0 Å². The summed E-state index contributed by atoms with van der Waals surface area (Å²) in [6.45, 7) is 2.68. The number of nitrogens with zero attached hydrogens (tertiary/aromatic N) is 3. The van der Waals surface area contributed by atoms with Gasteiger partial charge in [-0.2, -0.15) is 23.4 Å². The number of hydrogen-bond donors (Lipinski definition) is 1. The van der Waals surface area contributed by atoms with Gasteiger partial charge in [-0.15, -0.1) is 11.3 Å². The van der Waals surface area contributed by atoms with Crippen molar-refractivity contribution >= 4 is 11.3 Å². The van der Waals surface area contributed by atoms with Crippen molar-refractivity contribution in [3.63, 3.8) is 0 Å². The van der Waals surface area contributed by atoms with Crippen molar-refractivity contribution in [3.8, 4) is 0 Å². The van der Waals surface area contributed by atoms with Crippen LogP contribution in [0.25, 0.3) is 0 Å². The maximum absolute atomic E-state index is 12.6. The number of thiazole rings is 1. The summed E-state index contributed by atoms with van der Waals surface area (Å²) >= 11 is 0.646. The summed E-state index contributed by atoms with van der Waals surface area (Å²) in [5.74, 6) is 0. The lowest BCUT2D eigenvalue weighted by Crippen LogP contribution is -2.22. The highest BCUT2D eigenvalue weighted by atomic mass is 32.1. The molecule has 0 radical (unpaired) electrons. The molecule has 0 aliphatic carbocycles. The highest BCUT2D eigenvalue weighted by Crippen LogP contribution is 2.35. The molecule has 1 N–H and O–H groups in total. The van der Waals surface area contributed by atoms with E-state index < -0.39 is 11.2 Å². The second-order valence-corrected chi connectivity index (χ2v) is 5.19. The van der Waals surface area contributed by atoms with E-state index >= 15 is 0 Å². The van der Waals surface area contributed by atoms with Gasteiger partial charge in [-0.05, 0) is 24.6 Å². The van der Waals surface area contributed by atoms with E-state index in [9.17, 15) is 13.2 Å². The number of alkyl halides is 3. The number of nitrogens with one attached hydrogen (secondary N) is 1. The first-order valence-corrected chi connectivity index (χ1v) is 6.87. The van der Waals surface area contributed by atoms with E-state index in [4.69, 9.17) is 0 Å². The molecule has 0 spiro atoms. The van der Waals surface area contributed by atoms with Gasteiger partial charge >= 0.3 is 6.18 Å². The van der Waals surface area contributed by atoms with Gasteiger partial charge in [0, 0.05) is 17.3 Å². The van der Waals surface area contributed by atoms with Crippen LogP contribution in [-0.2, 0) is 6.18 Å². The van der Waals surface area contributed by atoms with Gasteiger partial charge in [0.05, 0.1) is 12.2 Å². The van der Waals surface area contributed by atoms with Crippen LogP contribution in [-0.4, -0.2) is 21.7 Å². The van der Waals surface area contributed by atoms with E-state index in [0.717, 1.165) is 12.0 Å². The molecule has 0 saturated carbocycles. The third-order valence-electron chi connectivity index (χ3n) is 2.59. The van der Waals surface area contributed by atoms with Crippen molar-refractivity contribution < 1.29 is 13.2 Å². The maximum Gasteiger partial charge on any atom is 0.443 e. The van der Waals surface area contributed by atoms with Crippen LogP contribution < -0.4 is 5.32 Å². The first-order chi connectivity index (χ1) is 9.52. The van der Waals surface area contributed by atoms with Crippen LogP contribution in [0.4, 0.5) is 13.2 Å². The minimum Gasteiger partial charge on any atom is -0.305 e. The van der Waals surface area contributed by atoms with E-state index in [2.05, 4.69) is 20.5 Å². The first-order valence-electron chi connectivity index (χ1n) is 6.05. The number of rotatable bonds is 5. The molecule has 2 aromatic heterocycles. The Morgan fingerprint density at radius 1 is 1.30 bits per heavy atom. The maximum atomic E-state index is 12.6. The number of aromatic nitrogens is 3. The molecule has 1 atom stereocenters. The van der Waals surface area contributed by atoms with Gasteiger partial charge in [-0.1, -0.05) is 6.92 Å². The lowest BCUT2D eigenvalue weighted by atomic mass is 10.1. The lowest BCUT2D eigenvalue weighted by Gasteiger charge is -2.16. The fourth-order valence-electron chi connectivity index (χ4n) is 1.69. The van der Waals surface area contributed by atoms with Crippen molar-refractivity contribution in [2.75, 3.05) is 6.54 Å². The predicted molar refractivity (Wildman–Crippen MR) is 69.3 cm³/mol. The van der Waals surface area contributed by atoms with Crippen molar-refractivity contribution in [1.29, 1.82) is 0 Å². The van der Waals surface area contributed by atoms with E-state index in [-0.39, 0.29) is 6.04 Å². The van der Waals surface area contributed by atoms with Crippen LogP contribution >= 0.6 is 11.3 Å². The monoisotopic (exact) mass is 302 g/mol. The summed E-state index contributed by atoms with van der Waals surface area (Å²) < 4.78 is 37.9. The second kappa shape index (κ2) is 6.27. The molecular formula is C12H13F3N4S. The minimum absolute atomic E-state index is 0.348. The van der Waals surface area contributed by atoms with Crippen LogP contribution in [0.1, 0.15) is 34.8 Å². The molecule has 108 valence electrons.